The van der Waals surface area contributed by atoms with Gasteiger partial charge in [-0.3, -0.25) is 4.57 Å². The molecular weight excluding hydrogens is 212 g/mol. The summed E-state index contributed by atoms with van der Waals surface area (Å²) in [5, 5.41) is 10.5. The van der Waals surface area contributed by atoms with E-state index in [1.54, 1.807) is 18.8 Å². The number of aromatic amines is 1. The molecule has 0 aliphatic rings. The number of nitrogens with zero attached hydrogens (tertiary/aromatic N) is 2. The van der Waals surface area contributed by atoms with Crippen LogP contribution in [-0.2, 0) is 7.05 Å². The summed E-state index contributed by atoms with van der Waals surface area (Å²) in [5.74, 6) is 0.915. The molecule has 0 aliphatic carbocycles. The molecule has 0 bridgehead atoms. The molecule has 0 fully saturated rings. The van der Waals surface area contributed by atoms with Crippen molar-refractivity contribution < 1.29 is 0 Å². The molecular formula is C9H18N4OS. The topological polar surface area (TPSA) is 62.7 Å². The summed E-state index contributed by atoms with van der Waals surface area (Å²) in [4.78, 5) is 11.1. The van der Waals surface area contributed by atoms with Crippen LogP contribution in [0.5, 0.6) is 0 Å². The SMILES string of the molecule is CCCNC(C)CSc1n[nH]c(=O)n1C. The van der Waals surface area contributed by atoms with Gasteiger partial charge in [-0.2, -0.15) is 0 Å². The van der Waals surface area contributed by atoms with Crippen molar-refractivity contribution >= 4 is 11.8 Å². The molecule has 1 unspecified atom stereocenters. The smallest absolute Gasteiger partial charge is 0.313 e. The van der Waals surface area contributed by atoms with Gasteiger partial charge < -0.3 is 5.32 Å². The molecule has 1 aromatic rings. The van der Waals surface area contributed by atoms with E-state index in [4.69, 9.17) is 0 Å². The fourth-order valence-electron chi connectivity index (χ4n) is 1.11. The van der Waals surface area contributed by atoms with Gasteiger partial charge in [-0.1, -0.05) is 18.7 Å². The largest absolute Gasteiger partial charge is 0.343 e. The summed E-state index contributed by atoms with van der Waals surface area (Å²) in [6, 6.07) is 0.432. The lowest BCUT2D eigenvalue weighted by Crippen LogP contribution is -2.28. The van der Waals surface area contributed by atoms with Crippen LogP contribution in [0.4, 0.5) is 0 Å². The van der Waals surface area contributed by atoms with E-state index in [0.29, 0.717) is 6.04 Å². The first kappa shape index (κ1) is 12.3. The van der Waals surface area contributed by atoms with Crippen molar-refractivity contribution in [2.45, 2.75) is 31.5 Å². The second-order valence-corrected chi connectivity index (χ2v) is 4.52. The predicted molar refractivity (Wildman–Crippen MR) is 62.3 cm³/mol. The molecule has 0 saturated carbocycles. The Balaban J connectivity index is 2.37. The average Bonchev–Trinajstić information content (AvgIpc) is 2.54. The molecule has 1 aromatic heterocycles. The number of thioether (sulfide) groups is 1. The van der Waals surface area contributed by atoms with Gasteiger partial charge in [0.25, 0.3) is 0 Å². The van der Waals surface area contributed by atoms with E-state index in [9.17, 15) is 4.79 Å². The molecule has 0 aromatic carbocycles. The van der Waals surface area contributed by atoms with Gasteiger partial charge in [0, 0.05) is 18.8 Å². The summed E-state index contributed by atoms with van der Waals surface area (Å²) < 4.78 is 1.53. The first-order valence-electron chi connectivity index (χ1n) is 5.12. The second kappa shape index (κ2) is 5.97. The van der Waals surface area contributed by atoms with Crippen molar-refractivity contribution in [2.75, 3.05) is 12.3 Å². The first-order chi connectivity index (χ1) is 7.15. The third-order valence-electron chi connectivity index (χ3n) is 2.04. The number of rotatable bonds is 6. The van der Waals surface area contributed by atoms with E-state index in [-0.39, 0.29) is 5.69 Å². The van der Waals surface area contributed by atoms with E-state index < -0.39 is 0 Å². The molecule has 0 radical (unpaired) electrons. The zero-order chi connectivity index (χ0) is 11.3. The molecule has 86 valence electrons. The molecule has 0 spiro atoms. The van der Waals surface area contributed by atoms with Gasteiger partial charge in [0.1, 0.15) is 0 Å². The summed E-state index contributed by atoms with van der Waals surface area (Å²) >= 11 is 1.58. The van der Waals surface area contributed by atoms with Crippen molar-refractivity contribution in [2.24, 2.45) is 7.05 Å². The van der Waals surface area contributed by atoms with Gasteiger partial charge in [0.05, 0.1) is 0 Å². The number of aromatic nitrogens is 3. The Morgan fingerprint density at radius 3 is 2.93 bits per heavy atom. The Kier molecular flexibility index (Phi) is 4.90. The Morgan fingerprint density at radius 1 is 1.67 bits per heavy atom. The molecule has 1 rings (SSSR count). The summed E-state index contributed by atoms with van der Waals surface area (Å²) in [6.07, 6.45) is 1.13. The standard InChI is InChI=1S/C9H18N4OS/c1-4-5-10-7(2)6-15-9-12-11-8(14)13(9)3/h7,10H,4-6H2,1-3H3,(H,11,14). The number of nitrogens with one attached hydrogen (secondary N) is 2. The summed E-state index contributed by atoms with van der Waals surface area (Å²) in [5.41, 5.74) is -0.160. The van der Waals surface area contributed by atoms with Crippen LogP contribution >= 0.6 is 11.8 Å². The van der Waals surface area contributed by atoms with Gasteiger partial charge in [-0.05, 0) is 19.9 Å². The van der Waals surface area contributed by atoms with Crippen molar-refractivity contribution in [3.63, 3.8) is 0 Å². The first-order valence-corrected chi connectivity index (χ1v) is 6.11. The zero-order valence-corrected chi connectivity index (χ0v) is 10.2. The molecule has 1 atom stereocenters. The number of hydrogen-bond acceptors (Lipinski definition) is 4. The highest BCUT2D eigenvalue weighted by molar-refractivity contribution is 7.99. The maximum absolute atomic E-state index is 11.1. The number of hydrogen-bond donors (Lipinski definition) is 2. The fourth-order valence-corrected chi connectivity index (χ4v) is 2.01. The molecule has 0 saturated heterocycles. The van der Waals surface area contributed by atoms with Crippen molar-refractivity contribution in [1.82, 2.24) is 20.1 Å². The van der Waals surface area contributed by atoms with Crippen LogP contribution < -0.4 is 11.0 Å². The quantitative estimate of drug-likeness (QED) is 0.702. The monoisotopic (exact) mass is 230 g/mol. The highest BCUT2D eigenvalue weighted by atomic mass is 32.2. The van der Waals surface area contributed by atoms with Crippen molar-refractivity contribution in [3.8, 4) is 0 Å². The molecule has 0 aliphatic heterocycles. The minimum atomic E-state index is -0.160. The predicted octanol–water partition coefficient (Wildman–Crippen LogP) is 0.589. The van der Waals surface area contributed by atoms with Gasteiger partial charge in [-0.25, -0.2) is 9.89 Å². The van der Waals surface area contributed by atoms with Crippen LogP contribution in [0.1, 0.15) is 20.3 Å². The van der Waals surface area contributed by atoms with Crippen molar-refractivity contribution in [1.29, 1.82) is 0 Å². The summed E-state index contributed by atoms with van der Waals surface area (Å²) in [6.45, 7) is 5.30. The highest BCUT2D eigenvalue weighted by Gasteiger charge is 2.07. The van der Waals surface area contributed by atoms with Crippen LogP contribution in [0.25, 0.3) is 0 Å². The molecule has 0 amide bonds. The van der Waals surface area contributed by atoms with Crippen LogP contribution in [0, 0.1) is 0 Å². The Hall–Kier alpha value is -0.750. The van der Waals surface area contributed by atoms with Crippen LogP contribution in [0.15, 0.2) is 9.95 Å². The van der Waals surface area contributed by atoms with Gasteiger partial charge in [-0.15, -0.1) is 5.10 Å². The van der Waals surface area contributed by atoms with Gasteiger partial charge in [0.2, 0.25) is 0 Å². The average molecular weight is 230 g/mol. The van der Waals surface area contributed by atoms with Gasteiger partial charge >= 0.3 is 5.69 Å². The molecule has 1 heterocycles. The normalized spacial score (nSPS) is 13.0. The molecule has 15 heavy (non-hydrogen) atoms. The number of H-pyrrole nitrogens is 1. The highest BCUT2D eigenvalue weighted by Crippen LogP contribution is 2.12. The summed E-state index contributed by atoms with van der Waals surface area (Å²) in [7, 11) is 1.72. The zero-order valence-electron chi connectivity index (χ0n) is 9.41. The van der Waals surface area contributed by atoms with E-state index in [1.807, 2.05) is 0 Å². The molecule has 6 heteroatoms. The van der Waals surface area contributed by atoms with Crippen LogP contribution in [-0.4, -0.2) is 33.1 Å². The van der Waals surface area contributed by atoms with Crippen LogP contribution in [0.3, 0.4) is 0 Å². The van der Waals surface area contributed by atoms with E-state index in [1.165, 1.54) is 4.57 Å². The maximum atomic E-state index is 11.1. The Bertz CT molecular complexity index is 346. The van der Waals surface area contributed by atoms with E-state index >= 15 is 0 Å². The van der Waals surface area contributed by atoms with Crippen molar-refractivity contribution in [3.05, 3.63) is 10.5 Å². The second-order valence-electron chi connectivity index (χ2n) is 3.54. The Morgan fingerprint density at radius 2 is 2.40 bits per heavy atom. The lowest BCUT2D eigenvalue weighted by molar-refractivity contribution is 0.589. The van der Waals surface area contributed by atoms with E-state index in [2.05, 4.69) is 29.4 Å². The lowest BCUT2D eigenvalue weighted by Gasteiger charge is -2.11. The van der Waals surface area contributed by atoms with Gasteiger partial charge in [0.15, 0.2) is 5.16 Å². The molecule has 5 nitrogen and oxygen atoms in total. The Labute approximate surface area is 93.6 Å². The maximum Gasteiger partial charge on any atom is 0.343 e. The third-order valence-corrected chi connectivity index (χ3v) is 3.33. The lowest BCUT2D eigenvalue weighted by atomic mass is 10.3. The molecule has 2 N–H and O–H groups in total. The third kappa shape index (κ3) is 3.71. The minimum Gasteiger partial charge on any atom is -0.313 e. The minimum absolute atomic E-state index is 0.160. The fraction of sp³-hybridized carbons (Fsp3) is 0.778. The van der Waals surface area contributed by atoms with E-state index in [0.717, 1.165) is 23.9 Å². The van der Waals surface area contributed by atoms with Crippen LogP contribution in [0.2, 0.25) is 0 Å².